The number of rotatable bonds is 3. The van der Waals surface area contributed by atoms with Crippen molar-refractivity contribution >= 4 is 22.8 Å². The third-order valence-electron chi connectivity index (χ3n) is 6.18. The van der Waals surface area contributed by atoms with E-state index in [1.807, 2.05) is 62.4 Å². The van der Waals surface area contributed by atoms with Crippen LogP contribution in [0, 0.1) is 0 Å². The van der Waals surface area contributed by atoms with Gasteiger partial charge in [0.1, 0.15) is 17.3 Å². The molecule has 2 aliphatic heterocycles. The number of carbonyl (C=O) groups excluding carboxylic acids is 2. The van der Waals surface area contributed by atoms with Crippen LogP contribution in [0.5, 0.6) is 5.75 Å². The highest BCUT2D eigenvalue weighted by molar-refractivity contribution is 6.08. The SMILES string of the molecule is CCOc1ccc2[nH]c3c(c2c1)CC1(C)C(=O)N(C)C(=O)N1C3c1ccccc1. The first-order chi connectivity index (χ1) is 14.0. The number of benzene rings is 2. The molecule has 0 bridgehead atoms. The molecule has 2 aromatic carbocycles. The Labute approximate surface area is 169 Å². The quantitative estimate of drug-likeness (QED) is 0.692. The molecule has 2 unspecified atom stereocenters. The van der Waals surface area contributed by atoms with Gasteiger partial charge in [0.15, 0.2) is 0 Å². The van der Waals surface area contributed by atoms with Gasteiger partial charge in [0, 0.05) is 30.1 Å². The highest BCUT2D eigenvalue weighted by Crippen LogP contribution is 2.48. The standard InChI is InChI=1S/C23H23N3O3/c1-4-29-15-10-11-18-16(12-15)17-13-23(2)21(27)25(3)22(28)26(23)20(19(17)24-18)14-8-6-5-7-9-14/h5-12,20,24H,4,13H2,1-3H3. The summed E-state index contributed by atoms with van der Waals surface area (Å²) in [7, 11) is 1.57. The molecule has 0 aliphatic carbocycles. The van der Waals surface area contributed by atoms with Gasteiger partial charge in [0.25, 0.3) is 5.91 Å². The smallest absolute Gasteiger partial charge is 0.328 e. The maximum Gasteiger partial charge on any atom is 0.328 e. The summed E-state index contributed by atoms with van der Waals surface area (Å²) in [5.41, 5.74) is 3.08. The fourth-order valence-corrected chi connectivity index (χ4v) is 4.83. The van der Waals surface area contributed by atoms with E-state index in [-0.39, 0.29) is 18.0 Å². The number of urea groups is 1. The number of carbonyl (C=O) groups is 2. The minimum absolute atomic E-state index is 0.163. The monoisotopic (exact) mass is 389 g/mol. The van der Waals surface area contributed by atoms with Crippen LogP contribution in [0.3, 0.4) is 0 Å². The Morgan fingerprint density at radius 3 is 2.66 bits per heavy atom. The average Bonchev–Trinajstić information content (AvgIpc) is 3.16. The van der Waals surface area contributed by atoms with Crippen LogP contribution in [-0.4, -0.2) is 45.9 Å². The van der Waals surface area contributed by atoms with Crippen molar-refractivity contribution in [2.45, 2.75) is 31.8 Å². The number of ether oxygens (including phenoxy) is 1. The fourth-order valence-electron chi connectivity index (χ4n) is 4.83. The molecule has 3 heterocycles. The first-order valence-corrected chi connectivity index (χ1v) is 9.89. The molecule has 29 heavy (non-hydrogen) atoms. The lowest BCUT2D eigenvalue weighted by molar-refractivity contribution is -0.132. The van der Waals surface area contributed by atoms with Crippen LogP contribution in [0.1, 0.15) is 36.7 Å². The molecule has 1 N–H and O–H groups in total. The molecule has 148 valence electrons. The second kappa shape index (κ2) is 6.11. The lowest BCUT2D eigenvalue weighted by Gasteiger charge is -2.42. The van der Waals surface area contributed by atoms with E-state index in [0.717, 1.165) is 33.5 Å². The number of amides is 3. The molecular formula is C23H23N3O3. The highest BCUT2D eigenvalue weighted by atomic mass is 16.5. The normalized spacial score (nSPS) is 23.5. The number of hydrogen-bond acceptors (Lipinski definition) is 3. The van der Waals surface area contributed by atoms with Crippen molar-refractivity contribution in [3.8, 4) is 5.75 Å². The maximum absolute atomic E-state index is 13.1. The van der Waals surface area contributed by atoms with Gasteiger partial charge in [-0.15, -0.1) is 0 Å². The summed E-state index contributed by atoms with van der Waals surface area (Å²) in [6.45, 7) is 4.43. The first-order valence-electron chi connectivity index (χ1n) is 9.89. The van der Waals surface area contributed by atoms with E-state index in [2.05, 4.69) is 4.98 Å². The molecule has 3 amide bonds. The number of nitrogens with zero attached hydrogens (tertiary/aromatic N) is 2. The van der Waals surface area contributed by atoms with E-state index >= 15 is 0 Å². The molecule has 1 fully saturated rings. The number of hydrogen-bond donors (Lipinski definition) is 1. The number of H-pyrrole nitrogens is 1. The van der Waals surface area contributed by atoms with Crippen LogP contribution < -0.4 is 4.74 Å². The molecule has 2 atom stereocenters. The highest BCUT2D eigenvalue weighted by Gasteiger charge is 2.59. The lowest BCUT2D eigenvalue weighted by Crippen LogP contribution is -2.53. The molecular weight excluding hydrogens is 366 g/mol. The average molecular weight is 389 g/mol. The van der Waals surface area contributed by atoms with Gasteiger partial charge < -0.3 is 9.72 Å². The minimum Gasteiger partial charge on any atom is -0.494 e. The van der Waals surface area contributed by atoms with Gasteiger partial charge in [-0.05, 0) is 43.2 Å². The van der Waals surface area contributed by atoms with Crippen LogP contribution in [-0.2, 0) is 11.2 Å². The molecule has 3 aromatic rings. The predicted octanol–water partition coefficient (Wildman–Crippen LogP) is 3.86. The molecule has 5 rings (SSSR count). The van der Waals surface area contributed by atoms with E-state index in [0.29, 0.717) is 13.0 Å². The third kappa shape index (κ3) is 2.35. The van der Waals surface area contributed by atoms with Crippen molar-refractivity contribution in [1.82, 2.24) is 14.8 Å². The summed E-state index contributed by atoms with van der Waals surface area (Å²) >= 11 is 0. The second-order valence-electron chi connectivity index (χ2n) is 7.94. The summed E-state index contributed by atoms with van der Waals surface area (Å²) in [5.74, 6) is 0.640. The van der Waals surface area contributed by atoms with E-state index in [4.69, 9.17) is 4.74 Å². The van der Waals surface area contributed by atoms with Gasteiger partial charge >= 0.3 is 6.03 Å². The van der Waals surface area contributed by atoms with Gasteiger partial charge in [0.05, 0.1) is 6.61 Å². The summed E-state index contributed by atoms with van der Waals surface area (Å²) in [6.07, 6.45) is 0.468. The number of fused-ring (bicyclic) bond motifs is 4. The van der Waals surface area contributed by atoms with Crippen molar-refractivity contribution in [2.75, 3.05) is 13.7 Å². The van der Waals surface area contributed by atoms with Crippen molar-refractivity contribution in [3.63, 3.8) is 0 Å². The predicted molar refractivity (Wildman–Crippen MR) is 110 cm³/mol. The van der Waals surface area contributed by atoms with Crippen LogP contribution in [0.4, 0.5) is 4.79 Å². The number of likely N-dealkylation sites (N-methyl/N-ethyl adjacent to an activating group) is 1. The number of aromatic nitrogens is 1. The zero-order chi connectivity index (χ0) is 20.3. The van der Waals surface area contributed by atoms with Gasteiger partial charge in [0.2, 0.25) is 0 Å². The Morgan fingerprint density at radius 1 is 1.17 bits per heavy atom. The Bertz CT molecular complexity index is 1140. The molecule has 1 saturated heterocycles. The summed E-state index contributed by atoms with van der Waals surface area (Å²) in [6, 6.07) is 15.3. The molecule has 6 heteroatoms. The van der Waals surface area contributed by atoms with Crippen molar-refractivity contribution in [3.05, 3.63) is 65.4 Å². The summed E-state index contributed by atoms with van der Waals surface area (Å²) in [5, 5.41) is 1.04. The third-order valence-corrected chi connectivity index (χ3v) is 6.18. The maximum atomic E-state index is 13.1. The van der Waals surface area contributed by atoms with Crippen LogP contribution >= 0.6 is 0 Å². The van der Waals surface area contributed by atoms with Gasteiger partial charge in [-0.1, -0.05) is 30.3 Å². The molecule has 2 aliphatic rings. The van der Waals surface area contributed by atoms with Crippen molar-refractivity contribution in [2.24, 2.45) is 0 Å². The molecule has 6 nitrogen and oxygen atoms in total. The fraction of sp³-hybridized carbons (Fsp3) is 0.304. The summed E-state index contributed by atoms with van der Waals surface area (Å²) < 4.78 is 5.70. The Morgan fingerprint density at radius 2 is 1.93 bits per heavy atom. The van der Waals surface area contributed by atoms with Gasteiger partial charge in [-0.25, -0.2) is 4.79 Å². The largest absolute Gasteiger partial charge is 0.494 e. The second-order valence-corrected chi connectivity index (χ2v) is 7.94. The molecule has 0 spiro atoms. The number of aromatic amines is 1. The van der Waals surface area contributed by atoms with E-state index < -0.39 is 5.54 Å². The van der Waals surface area contributed by atoms with E-state index in [1.54, 1.807) is 11.9 Å². The van der Waals surface area contributed by atoms with Crippen LogP contribution in [0.15, 0.2) is 48.5 Å². The first kappa shape index (κ1) is 17.8. The van der Waals surface area contributed by atoms with Gasteiger partial charge in [-0.3, -0.25) is 14.6 Å². The van der Waals surface area contributed by atoms with Crippen LogP contribution in [0.2, 0.25) is 0 Å². The number of nitrogens with one attached hydrogen (secondary N) is 1. The van der Waals surface area contributed by atoms with E-state index in [1.165, 1.54) is 4.90 Å². The minimum atomic E-state index is -0.921. The Kier molecular flexibility index (Phi) is 3.75. The van der Waals surface area contributed by atoms with Gasteiger partial charge in [-0.2, -0.15) is 0 Å². The lowest BCUT2D eigenvalue weighted by atomic mass is 9.81. The zero-order valence-electron chi connectivity index (χ0n) is 16.7. The number of imide groups is 1. The van der Waals surface area contributed by atoms with Crippen molar-refractivity contribution in [1.29, 1.82) is 0 Å². The zero-order valence-corrected chi connectivity index (χ0v) is 16.7. The molecule has 0 saturated carbocycles. The van der Waals surface area contributed by atoms with E-state index in [9.17, 15) is 9.59 Å². The molecule has 1 aromatic heterocycles. The Balaban J connectivity index is 1.78. The Hall–Kier alpha value is -3.28. The van der Waals surface area contributed by atoms with Crippen LogP contribution in [0.25, 0.3) is 10.9 Å². The molecule has 0 radical (unpaired) electrons. The topological polar surface area (TPSA) is 65.6 Å². The van der Waals surface area contributed by atoms with Crippen molar-refractivity contribution < 1.29 is 14.3 Å². The summed E-state index contributed by atoms with van der Waals surface area (Å²) in [4.78, 5) is 32.7.